The number of benzene rings is 3. The normalized spacial score (nSPS) is 13.1. The molecule has 0 atom stereocenters. The Hall–Kier alpha value is -3.72. The lowest BCUT2D eigenvalue weighted by Crippen LogP contribution is -2.35. The van der Waals surface area contributed by atoms with Crippen LogP contribution in [0.1, 0.15) is 12.0 Å². The molecular formula is C24H25N3O5S. The van der Waals surface area contributed by atoms with E-state index in [9.17, 15) is 13.2 Å². The summed E-state index contributed by atoms with van der Waals surface area (Å²) >= 11 is 0. The van der Waals surface area contributed by atoms with Crippen LogP contribution in [-0.2, 0) is 16.4 Å². The number of methoxy groups -OCH3 is 2. The minimum atomic E-state index is -3.72. The van der Waals surface area contributed by atoms with Gasteiger partial charge in [-0.3, -0.25) is 4.31 Å². The highest BCUT2D eigenvalue weighted by molar-refractivity contribution is 7.92. The Bertz CT molecular complexity index is 1260. The monoisotopic (exact) mass is 467 g/mol. The van der Waals surface area contributed by atoms with Gasteiger partial charge in [-0.2, -0.15) is 0 Å². The topological polar surface area (TPSA) is 97.0 Å². The van der Waals surface area contributed by atoms with Crippen molar-refractivity contribution in [3.63, 3.8) is 0 Å². The smallest absolute Gasteiger partial charge is 0.323 e. The quantitative estimate of drug-likeness (QED) is 0.557. The maximum absolute atomic E-state index is 13.3. The number of aryl methyl sites for hydroxylation is 1. The number of sulfonamides is 1. The van der Waals surface area contributed by atoms with E-state index in [-0.39, 0.29) is 4.90 Å². The van der Waals surface area contributed by atoms with E-state index in [1.165, 1.54) is 18.5 Å². The van der Waals surface area contributed by atoms with Crippen LogP contribution in [0.25, 0.3) is 0 Å². The summed E-state index contributed by atoms with van der Waals surface area (Å²) in [6.45, 7) is 0.391. The van der Waals surface area contributed by atoms with Crippen LogP contribution in [0.3, 0.4) is 0 Å². The fourth-order valence-electron chi connectivity index (χ4n) is 3.80. The van der Waals surface area contributed by atoms with Gasteiger partial charge in [-0.15, -0.1) is 0 Å². The first-order valence-electron chi connectivity index (χ1n) is 10.4. The molecule has 0 aliphatic carbocycles. The number of anilines is 3. The molecule has 1 heterocycles. The van der Waals surface area contributed by atoms with E-state index in [1.807, 2.05) is 12.1 Å². The second-order valence-electron chi connectivity index (χ2n) is 7.48. The maximum Gasteiger partial charge on any atom is 0.323 e. The number of amides is 2. The number of nitrogens with one attached hydrogen (secondary N) is 2. The lowest BCUT2D eigenvalue weighted by Gasteiger charge is -2.31. The van der Waals surface area contributed by atoms with E-state index in [0.29, 0.717) is 47.9 Å². The Morgan fingerprint density at radius 1 is 0.939 bits per heavy atom. The molecule has 33 heavy (non-hydrogen) atoms. The van der Waals surface area contributed by atoms with E-state index >= 15 is 0 Å². The highest BCUT2D eigenvalue weighted by Crippen LogP contribution is 2.34. The molecule has 0 bridgehead atoms. The molecule has 0 fully saturated rings. The Morgan fingerprint density at radius 3 is 2.42 bits per heavy atom. The van der Waals surface area contributed by atoms with Gasteiger partial charge in [0.2, 0.25) is 0 Å². The van der Waals surface area contributed by atoms with Gasteiger partial charge in [-0.25, -0.2) is 13.2 Å². The van der Waals surface area contributed by atoms with Crippen molar-refractivity contribution in [2.75, 3.05) is 35.7 Å². The summed E-state index contributed by atoms with van der Waals surface area (Å²) in [5.41, 5.74) is 2.60. The van der Waals surface area contributed by atoms with Gasteiger partial charge >= 0.3 is 6.03 Å². The standard InChI is InChI=1S/C24H25N3O5S/c1-31-19-10-12-20(13-11-19)33(29,30)27-15-5-6-17-16-18(9-14-22(17)27)25-24(28)26-21-7-3-4-8-23(21)32-2/h3-4,7-14,16H,5-6,15H2,1-2H3,(H2,25,26,28). The molecule has 172 valence electrons. The molecule has 3 aromatic carbocycles. The Labute approximate surface area is 193 Å². The van der Waals surface area contributed by atoms with Crippen molar-refractivity contribution < 1.29 is 22.7 Å². The highest BCUT2D eigenvalue weighted by Gasteiger charge is 2.29. The fourth-order valence-corrected chi connectivity index (χ4v) is 5.34. The average Bonchev–Trinajstić information content (AvgIpc) is 2.83. The molecule has 1 aliphatic rings. The fraction of sp³-hybridized carbons (Fsp3) is 0.208. The number of carbonyl (C=O) groups is 1. The molecule has 0 saturated heterocycles. The summed E-state index contributed by atoms with van der Waals surface area (Å²) in [7, 11) is -0.651. The second-order valence-corrected chi connectivity index (χ2v) is 9.34. The van der Waals surface area contributed by atoms with Crippen LogP contribution in [0, 0.1) is 0 Å². The minimum absolute atomic E-state index is 0.203. The van der Waals surface area contributed by atoms with Crippen LogP contribution < -0.4 is 24.4 Å². The Balaban J connectivity index is 1.53. The molecule has 3 aromatic rings. The second kappa shape index (κ2) is 9.41. The predicted octanol–water partition coefficient (Wildman–Crippen LogP) is 4.49. The zero-order valence-corrected chi connectivity index (χ0v) is 19.2. The molecular weight excluding hydrogens is 442 g/mol. The number of ether oxygens (including phenoxy) is 2. The molecule has 2 N–H and O–H groups in total. The Kier molecular flexibility index (Phi) is 6.41. The molecule has 9 heteroatoms. The summed E-state index contributed by atoms with van der Waals surface area (Å²) in [5, 5.41) is 5.56. The first-order valence-corrected chi connectivity index (χ1v) is 11.9. The maximum atomic E-state index is 13.3. The van der Waals surface area contributed by atoms with Crippen molar-refractivity contribution in [2.45, 2.75) is 17.7 Å². The summed E-state index contributed by atoms with van der Waals surface area (Å²) < 4.78 is 38.3. The summed E-state index contributed by atoms with van der Waals surface area (Å²) in [4.78, 5) is 12.7. The molecule has 0 aromatic heterocycles. The van der Waals surface area contributed by atoms with Crippen LogP contribution in [0.15, 0.2) is 71.6 Å². The Morgan fingerprint density at radius 2 is 1.70 bits per heavy atom. The third-order valence-corrected chi connectivity index (χ3v) is 7.24. The third-order valence-electron chi connectivity index (χ3n) is 5.42. The number of rotatable bonds is 6. The van der Waals surface area contributed by atoms with Gasteiger partial charge in [0.05, 0.1) is 30.5 Å². The summed E-state index contributed by atoms with van der Waals surface area (Å²) in [6, 6.07) is 18.3. The van der Waals surface area contributed by atoms with Crippen molar-refractivity contribution in [2.24, 2.45) is 0 Å². The van der Waals surface area contributed by atoms with E-state index in [4.69, 9.17) is 9.47 Å². The molecule has 0 spiro atoms. The first-order chi connectivity index (χ1) is 15.9. The summed E-state index contributed by atoms with van der Waals surface area (Å²) in [5.74, 6) is 1.15. The van der Waals surface area contributed by atoms with Crippen molar-refractivity contribution in [1.29, 1.82) is 0 Å². The molecule has 0 unspecified atom stereocenters. The number of nitrogens with zero attached hydrogens (tertiary/aromatic N) is 1. The number of hydrogen-bond donors (Lipinski definition) is 2. The van der Waals surface area contributed by atoms with E-state index in [2.05, 4.69) is 10.6 Å². The zero-order chi connectivity index (χ0) is 23.4. The number of fused-ring (bicyclic) bond motifs is 1. The van der Waals surface area contributed by atoms with Crippen molar-refractivity contribution >= 4 is 33.1 Å². The van der Waals surface area contributed by atoms with Crippen LogP contribution >= 0.6 is 0 Å². The molecule has 2 amide bonds. The average molecular weight is 468 g/mol. The van der Waals surface area contributed by atoms with Crippen LogP contribution in [0.5, 0.6) is 11.5 Å². The molecule has 0 radical (unpaired) electrons. The predicted molar refractivity (Wildman–Crippen MR) is 128 cm³/mol. The number of para-hydroxylation sites is 2. The zero-order valence-electron chi connectivity index (χ0n) is 18.4. The van der Waals surface area contributed by atoms with Crippen LogP contribution in [0.4, 0.5) is 21.9 Å². The van der Waals surface area contributed by atoms with Gasteiger partial charge in [0, 0.05) is 12.2 Å². The van der Waals surface area contributed by atoms with Crippen LogP contribution in [0.2, 0.25) is 0 Å². The summed E-state index contributed by atoms with van der Waals surface area (Å²) in [6.07, 6.45) is 1.40. The van der Waals surface area contributed by atoms with Gasteiger partial charge in [-0.1, -0.05) is 12.1 Å². The third kappa shape index (κ3) is 4.73. The van der Waals surface area contributed by atoms with Crippen LogP contribution in [-0.4, -0.2) is 35.2 Å². The SMILES string of the molecule is COc1ccc(S(=O)(=O)N2CCCc3cc(NC(=O)Nc4ccccc4OC)ccc32)cc1. The molecule has 8 nitrogen and oxygen atoms in total. The largest absolute Gasteiger partial charge is 0.497 e. The van der Waals surface area contributed by atoms with Gasteiger partial charge in [0.1, 0.15) is 11.5 Å². The lowest BCUT2D eigenvalue weighted by atomic mass is 10.0. The molecule has 1 aliphatic heterocycles. The number of urea groups is 1. The van der Waals surface area contributed by atoms with Crippen molar-refractivity contribution in [1.82, 2.24) is 0 Å². The number of hydrogen-bond acceptors (Lipinski definition) is 5. The van der Waals surface area contributed by atoms with E-state index in [1.54, 1.807) is 54.6 Å². The van der Waals surface area contributed by atoms with E-state index < -0.39 is 16.1 Å². The van der Waals surface area contributed by atoms with Gasteiger partial charge in [0.15, 0.2) is 0 Å². The van der Waals surface area contributed by atoms with Gasteiger partial charge in [0.25, 0.3) is 10.0 Å². The first kappa shape index (κ1) is 22.5. The lowest BCUT2D eigenvalue weighted by molar-refractivity contribution is 0.262. The van der Waals surface area contributed by atoms with Crippen molar-refractivity contribution in [3.8, 4) is 11.5 Å². The van der Waals surface area contributed by atoms with Gasteiger partial charge in [-0.05, 0) is 73.0 Å². The minimum Gasteiger partial charge on any atom is -0.497 e. The highest BCUT2D eigenvalue weighted by atomic mass is 32.2. The van der Waals surface area contributed by atoms with E-state index in [0.717, 1.165) is 5.56 Å². The molecule has 0 saturated carbocycles. The van der Waals surface area contributed by atoms with Crippen molar-refractivity contribution in [3.05, 3.63) is 72.3 Å². The number of carbonyl (C=O) groups excluding carboxylic acids is 1. The molecule has 4 rings (SSSR count). The van der Waals surface area contributed by atoms with Gasteiger partial charge < -0.3 is 20.1 Å².